The van der Waals surface area contributed by atoms with Gasteiger partial charge in [-0.05, 0) is 48.4 Å². The van der Waals surface area contributed by atoms with E-state index in [-0.39, 0.29) is 5.97 Å². The molecule has 0 amide bonds. The fraction of sp³-hybridized carbons (Fsp3) is 0.156. The second kappa shape index (κ2) is 10.3. The second-order valence-electron chi connectivity index (χ2n) is 9.20. The van der Waals surface area contributed by atoms with Gasteiger partial charge in [-0.25, -0.2) is 0 Å². The summed E-state index contributed by atoms with van der Waals surface area (Å²) in [6.45, 7) is 2.08. The van der Waals surface area contributed by atoms with Crippen LogP contribution in [0.2, 0.25) is 0 Å². The lowest BCUT2D eigenvalue weighted by atomic mass is 9.66. The number of anilines is 1. The first kappa shape index (κ1) is 24.8. The van der Waals surface area contributed by atoms with Crippen LogP contribution >= 0.6 is 15.9 Å². The van der Waals surface area contributed by atoms with E-state index in [4.69, 9.17) is 4.74 Å². The second-order valence-corrected chi connectivity index (χ2v) is 10.1. The van der Waals surface area contributed by atoms with E-state index in [1.807, 2.05) is 92.0 Å². The molecule has 5 heteroatoms. The van der Waals surface area contributed by atoms with Crippen LogP contribution in [-0.4, -0.2) is 17.6 Å². The molecule has 4 nitrogen and oxygen atoms in total. The molecule has 0 saturated carbocycles. The van der Waals surface area contributed by atoms with Crippen LogP contribution in [-0.2, 0) is 22.0 Å². The van der Waals surface area contributed by atoms with Gasteiger partial charge in [0, 0.05) is 39.4 Å². The molecule has 0 aliphatic carbocycles. The summed E-state index contributed by atoms with van der Waals surface area (Å²) >= 11 is 3.54. The Balaban J connectivity index is 1.92. The highest BCUT2D eigenvalue weighted by molar-refractivity contribution is 9.10. The summed E-state index contributed by atoms with van der Waals surface area (Å²) in [5.74, 6) is -0.323. The summed E-state index contributed by atoms with van der Waals surface area (Å²) < 4.78 is 8.85. The Hall–Kier alpha value is -3.83. The van der Waals surface area contributed by atoms with Crippen LogP contribution < -0.4 is 5.32 Å². The van der Waals surface area contributed by atoms with Crippen LogP contribution in [0.3, 0.4) is 0 Å². The Bertz CT molecular complexity index is 1530. The van der Waals surface area contributed by atoms with Gasteiger partial charge in [-0.15, -0.1) is 0 Å². The minimum atomic E-state index is -1.20. The van der Waals surface area contributed by atoms with Gasteiger partial charge in [-0.1, -0.05) is 94.8 Å². The molecule has 0 aliphatic heterocycles. The number of aromatic nitrogens is 1. The van der Waals surface area contributed by atoms with E-state index < -0.39 is 11.5 Å². The third-order valence-corrected chi connectivity index (χ3v) is 7.78. The van der Waals surface area contributed by atoms with Crippen LogP contribution in [0.25, 0.3) is 10.9 Å². The summed E-state index contributed by atoms with van der Waals surface area (Å²) in [6, 6.07) is 35.9. The summed E-state index contributed by atoms with van der Waals surface area (Å²) in [5, 5.41) is 4.77. The lowest BCUT2D eigenvalue weighted by Crippen LogP contribution is -2.47. The Morgan fingerprint density at radius 3 is 2.11 bits per heavy atom. The van der Waals surface area contributed by atoms with Crippen LogP contribution in [0, 0.1) is 6.92 Å². The number of rotatable bonds is 7. The molecule has 4 aromatic carbocycles. The molecule has 5 rings (SSSR count). The number of halogens is 1. The molecule has 0 radical (unpaired) electrons. The highest BCUT2D eigenvalue weighted by Crippen LogP contribution is 2.50. The molecule has 5 aromatic rings. The molecule has 1 aromatic heterocycles. The largest absolute Gasteiger partial charge is 0.468 e. The van der Waals surface area contributed by atoms with Gasteiger partial charge < -0.3 is 14.6 Å². The summed E-state index contributed by atoms with van der Waals surface area (Å²) in [6.07, 6.45) is 0. The first-order chi connectivity index (χ1) is 18.0. The average molecular weight is 554 g/mol. The van der Waals surface area contributed by atoms with Crippen molar-refractivity contribution in [1.29, 1.82) is 0 Å². The fourth-order valence-corrected chi connectivity index (χ4v) is 5.74. The molecule has 0 bridgehead atoms. The number of aryl methyl sites for hydroxylation is 1. The van der Waals surface area contributed by atoms with Gasteiger partial charge in [-0.2, -0.15) is 0 Å². The molecular formula is C32H29BrN2O2. The van der Waals surface area contributed by atoms with Crippen LogP contribution in [0.4, 0.5) is 5.69 Å². The molecule has 0 aliphatic rings. The number of esters is 1. The van der Waals surface area contributed by atoms with Crippen molar-refractivity contribution in [3.63, 3.8) is 0 Å². The number of para-hydroxylation sites is 1. The lowest BCUT2D eigenvalue weighted by molar-refractivity contribution is -0.146. The van der Waals surface area contributed by atoms with Crippen molar-refractivity contribution in [2.45, 2.75) is 18.4 Å². The van der Waals surface area contributed by atoms with Gasteiger partial charge in [-0.3, -0.25) is 4.79 Å². The number of nitrogens with one attached hydrogen (secondary N) is 1. The Kier molecular flexibility index (Phi) is 6.90. The maximum Gasteiger partial charge on any atom is 0.323 e. The van der Waals surface area contributed by atoms with E-state index >= 15 is 0 Å². The number of hydrogen-bond acceptors (Lipinski definition) is 3. The zero-order chi connectivity index (χ0) is 26.0. The maximum atomic E-state index is 14.4. The number of carbonyl (C=O) groups excluding carboxylic acids is 1. The van der Waals surface area contributed by atoms with Gasteiger partial charge in [0.1, 0.15) is 5.41 Å². The van der Waals surface area contributed by atoms with Crippen molar-refractivity contribution >= 4 is 38.5 Å². The number of carbonyl (C=O) groups is 1. The number of nitrogens with zero attached hydrogens (tertiary/aromatic N) is 1. The highest BCUT2D eigenvalue weighted by atomic mass is 79.9. The quantitative estimate of drug-likeness (QED) is 0.212. The normalized spacial score (nSPS) is 13.6. The smallest absolute Gasteiger partial charge is 0.323 e. The Morgan fingerprint density at radius 1 is 0.865 bits per heavy atom. The zero-order valence-corrected chi connectivity index (χ0v) is 22.7. The van der Waals surface area contributed by atoms with Crippen molar-refractivity contribution < 1.29 is 9.53 Å². The molecule has 186 valence electrons. The van der Waals surface area contributed by atoms with Crippen molar-refractivity contribution in [2.75, 3.05) is 12.4 Å². The van der Waals surface area contributed by atoms with E-state index in [9.17, 15) is 4.79 Å². The number of benzene rings is 4. The average Bonchev–Trinajstić information content (AvgIpc) is 3.20. The van der Waals surface area contributed by atoms with Gasteiger partial charge >= 0.3 is 5.97 Å². The predicted molar refractivity (Wildman–Crippen MR) is 154 cm³/mol. The van der Waals surface area contributed by atoms with Gasteiger partial charge in [0.05, 0.1) is 13.2 Å². The predicted octanol–water partition coefficient (Wildman–Crippen LogP) is 7.56. The third-order valence-electron chi connectivity index (χ3n) is 7.25. The highest BCUT2D eigenvalue weighted by Gasteiger charge is 2.53. The minimum absolute atomic E-state index is 0.323. The topological polar surface area (TPSA) is 43.3 Å². The van der Waals surface area contributed by atoms with E-state index in [0.717, 1.165) is 43.4 Å². The van der Waals surface area contributed by atoms with E-state index in [0.29, 0.717) is 0 Å². The maximum absolute atomic E-state index is 14.4. The van der Waals surface area contributed by atoms with E-state index in [1.165, 1.54) is 7.11 Å². The summed E-state index contributed by atoms with van der Waals surface area (Å²) in [4.78, 5) is 14.4. The molecule has 0 fully saturated rings. The SMILES string of the molecule is COC(=O)[C@](c1ccccc1)(c1c(C)n(C)c2ccccc12)[C@@H](Nc1ccc(Br)cc1)c1ccccc1. The number of hydrogen-bond donors (Lipinski definition) is 1. The number of methoxy groups -OCH3 is 1. The first-order valence-corrected chi connectivity index (χ1v) is 13.0. The molecule has 0 spiro atoms. The molecule has 0 unspecified atom stereocenters. The molecule has 0 saturated heterocycles. The van der Waals surface area contributed by atoms with Gasteiger partial charge in [0.25, 0.3) is 0 Å². The molecule has 1 N–H and O–H groups in total. The first-order valence-electron chi connectivity index (χ1n) is 12.2. The van der Waals surface area contributed by atoms with Crippen molar-refractivity contribution in [3.05, 3.63) is 136 Å². The number of ether oxygens (including phenoxy) is 1. The minimum Gasteiger partial charge on any atom is -0.468 e. The van der Waals surface area contributed by atoms with Crippen LogP contribution in [0.15, 0.2) is 114 Å². The monoisotopic (exact) mass is 552 g/mol. The molecule has 37 heavy (non-hydrogen) atoms. The van der Waals surface area contributed by atoms with Gasteiger partial charge in [0.2, 0.25) is 0 Å². The molecule has 1 heterocycles. The zero-order valence-electron chi connectivity index (χ0n) is 21.1. The van der Waals surface area contributed by atoms with Crippen LogP contribution in [0.5, 0.6) is 0 Å². The van der Waals surface area contributed by atoms with E-state index in [1.54, 1.807) is 0 Å². The van der Waals surface area contributed by atoms with Crippen LogP contribution in [0.1, 0.15) is 28.4 Å². The summed E-state index contributed by atoms with van der Waals surface area (Å²) in [7, 11) is 3.52. The number of fused-ring (bicyclic) bond motifs is 1. The van der Waals surface area contributed by atoms with Crippen molar-refractivity contribution in [2.24, 2.45) is 7.05 Å². The molecule has 2 atom stereocenters. The fourth-order valence-electron chi connectivity index (χ4n) is 5.47. The third kappa shape index (κ3) is 4.23. The Labute approximate surface area is 226 Å². The van der Waals surface area contributed by atoms with Crippen molar-refractivity contribution in [1.82, 2.24) is 4.57 Å². The lowest BCUT2D eigenvalue weighted by Gasteiger charge is -2.41. The standard InChI is InChI=1S/C32H29BrN2O2/c1-22-29(27-16-10-11-17-28(27)35(22)2)32(31(36)37-3,24-14-8-5-9-15-24)30(23-12-6-4-7-13-23)34-26-20-18-25(33)19-21-26/h4-21,30,34H,1-3H3/t30-,32+/m0/s1. The Morgan fingerprint density at radius 2 is 1.46 bits per heavy atom. The van der Waals surface area contributed by atoms with Gasteiger partial charge in [0.15, 0.2) is 0 Å². The van der Waals surface area contributed by atoms with Crippen molar-refractivity contribution in [3.8, 4) is 0 Å². The molecular weight excluding hydrogens is 524 g/mol. The van der Waals surface area contributed by atoms with E-state index in [2.05, 4.69) is 57.0 Å². The summed E-state index contributed by atoms with van der Waals surface area (Å²) in [5.41, 5.74) is 4.55.